The SMILES string of the molecule is Cc1ncc(C2CC(=O)Nc3cc4c(cc32)CCc2ccccc2N4)n1C.O=CO. The van der Waals surface area contributed by atoms with Crippen molar-refractivity contribution in [3.05, 3.63) is 70.8 Å². The van der Waals surface area contributed by atoms with Gasteiger partial charge in [-0.05, 0) is 48.6 Å². The lowest BCUT2D eigenvalue weighted by molar-refractivity contribution is -0.123. The van der Waals surface area contributed by atoms with Crippen LogP contribution in [0.1, 0.15) is 40.5 Å². The number of carbonyl (C=O) groups excluding carboxylic acids is 1. The van der Waals surface area contributed by atoms with Crippen LogP contribution in [0.25, 0.3) is 0 Å². The Labute approximate surface area is 174 Å². The highest BCUT2D eigenvalue weighted by molar-refractivity contribution is 5.96. The monoisotopic (exact) mass is 404 g/mol. The van der Waals surface area contributed by atoms with E-state index in [-0.39, 0.29) is 18.3 Å². The van der Waals surface area contributed by atoms with Gasteiger partial charge in [0.2, 0.25) is 5.91 Å². The quantitative estimate of drug-likeness (QED) is 0.537. The summed E-state index contributed by atoms with van der Waals surface area (Å²) in [5, 5.41) is 13.5. The fraction of sp³-hybridized carbons (Fsp3) is 0.261. The van der Waals surface area contributed by atoms with Crippen LogP contribution in [0.5, 0.6) is 0 Å². The van der Waals surface area contributed by atoms with Crippen molar-refractivity contribution < 1.29 is 14.7 Å². The van der Waals surface area contributed by atoms with Crippen molar-refractivity contribution in [3.63, 3.8) is 0 Å². The molecule has 0 bridgehead atoms. The molecule has 3 heterocycles. The summed E-state index contributed by atoms with van der Waals surface area (Å²) >= 11 is 0. The fourth-order valence-electron chi connectivity index (χ4n) is 4.26. The van der Waals surface area contributed by atoms with E-state index in [1.54, 1.807) is 0 Å². The number of nitrogens with one attached hydrogen (secondary N) is 2. The number of fused-ring (bicyclic) bond motifs is 3. The summed E-state index contributed by atoms with van der Waals surface area (Å²) in [6.45, 7) is 1.74. The van der Waals surface area contributed by atoms with Gasteiger partial charge in [-0.25, -0.2) is 4.98 Å². The van der Waals surface area contributed by atoms with E-state index in [1.807, 2.05) is 20.2 Å². The standard InChI is InChI=1S/C22H22N4O.CH2O2/c1-13-23-12-21(26(13)2)17-10-22(27)25-20-11-19-15(9-16(17)20)8-7-14-5-3-4-6-18(14)24-19;2-1-3/h3-6,9,11-12,17,24H,7-8,10H2,1-2H3,(H,25,27);1H,(H,2,3). The zero-order chi connectivity index (χ0) is 21.3. The van der Waals surface area contributed by atoms with Gasteiger partial charge in [0.05, 0.1) is 0 Å². The zero-order valence-corrected chi connectivity index (χ0v) is 17.0. The highest BCUT2D eigenvalue weighted by Gasteiger charge is 2.30. The molecule has 0 spiro atoms. The Morgan fingerprint density at radius 1 is 1.10 bits per heavy atom. The topological polar surface area (TPSA) is 96.3 Å². The average Bonchev–Trinajstić information content (AvgIpc) is 2.95. The third kappa shape index (κ3) is 3.54. The molecule has 0 fully saturated rings. The summed E-state index contributed by atoms with van der Waals surface area (Å²) in [7, 11) is 2.02. The number of carbonyl (C=O) groups is 2. The van der Waals surface area contributed by atoms with Crippen LogP contribution in [-0.4, -0.2) is 27.0 Å². The van der Waals surface area contributed by atoms with E-state index in [0.717, 1.165) is 41.4 Å². The number of rotatable bonds is 1. The van der Waals surface area contributed by atoms with E-state index >= 15 is 0 Å². The Bertz CT molecular complexity index is 1120. The molecular formula is C23H24N4O3. The van der Waals surface area contributed by atoms with Crippen LogP contribution in [0.15, 0.2) is 42.6 Å². The lowest BCUT2D eigenvalue weighted by Gasteiger charge is -2.27. The Hall–Kier alpha value is -3.61. The fourth-order valence-corrected chi connectivity index (χ4v) is 4.26. The van der Waals surface area contributed by atoms with Crippen molar-refractivity contribution in [1.29, 1.82) is 0 Å². The molecule has 0 saturated carbocycles. The van der Waals surface area contributed by atoms with E-state index in [0.29, 0.717) is 6.42 Å². The molecule has 0 saturated heterocycles. The molecular weight excluding hydrogens is 380 g/mol. The van der Waals surface area contributed by atoms with E-state index in [1.165, 1.54) is 16.7 Å². The van der Waals surface area contributed by atoms with Crippen LogP contribution >= 0.6 is 0 Å². The molecule has 154 valence electrons. The summed E-state index contributed by atoms with van der Waals surface area (Å²) in [4.78, 5) is 25.2. The second kappa shape index (κ2) is 8.02. The van der Waals surface area contributed by atoms with Crippen LogP contribution in [0.3, 0.4) is 0 Å². The van der Waals surface area contributed by atoms with Gasteiger partial charge in [-0.3, -0.25) is 9.59 Å². The number of para-hydroxylation sites is 1. The van der Waals surface area contributed by atoms with E-state index < -0.39 is 0 Å². The highest BCUT2D eigenvalue weighted by Crippen LogP contribution is 2.42. The van der Waals surface area contributed by atoms with Gasteiger partial charge >= 0.3 is 0 Å². The lowest BCUT2D eigenvalue weighted by atomic mass is 9.86. The maximum absolute atomic E-state index is 12.4. The third-order valence-corrected chi connectivity index (χ3v) is 5.88. The second-order valence-corrected chi connectivity index (χ2v) is 7.58. The van der Waals surface area contributed by atoms with Gasteiger partial charge in [-0.15, -0.1) is 0 Å². The van der Waals surface area contributed by atoms with E-state index in [2.05, 4.69) is 56.6 Å². The Kier molecular flexibility index (Phi) is 5.27. The predicted octanol–water partition coefficient (Wildman–Crippen LogP) is 3.75. The van der Waals surface area contributed by atoms with E-state index in [9.17, 15) is 4.79 Å². The number of anilines is 3. The predicted molar refractivity (Wildman–Crippen MR) is 115 cm³/mol. The van der Waals surface area contributed by atoms with Crippen LogP contribution in [0.4, 0.5) is 17.1 Å². The summed E-state index contributed by atoms with van der Waals surface area (Å²) in [5.41, 5.74) is 8.04. The molecule has 2 aliphatic rings. The van der Waals surface area contributed by atoms with Crippen LogP contribution in [0, 0.1) is 6.92 Å². The molecule has 1 atom stereocenters. The van der Waals surface area contributed by atoms with Crippen molar-refractivity contribution in [1.82, 2.24) is 9.55 Å². The average molecular weight is 404 g/mol. The van der Waals surface area contributed by atoms with Crippen molar-refractivity contribution in [2.45, 2.75) is 32.1 Å². The molecule has 1 amide bonds. The third-order valence-electron chi connectivity index (χ3n) is 5.88. The first-order chi connectivity index (χ1) is 14.5. The molecule has 1 unspecified atom stereocenters. The minimum atomic E-state index is -0.250. The molecule has 3 aromatic rings. The van der Waals surface area contributed by atoms with Crippen molar-refractivity contribution >= 4 is 29.4 Å². The van der Waals surface area contributed by atoms with Gasteiger partial charge in [-0.1, -0.05) is 24.3 Å². The number of hydrogen-bond donors (Lipinski definition) is 3. The van der Waals surface area contributed by atoms with Gasteiger partial charge in [0.1, 0.15) is 5.82 Å². The first kappa shape index (κ1) is 19.7. The minimum absolute atomic E-state index is 0.0379. The second-order valence-electron chi connectivity index (χ2n) is 7.58. The highest BCUT2D eigenvalue weighted by atomic mass is 16.3. The molecule has 30 heavy (non-hydrogen) atoms. The summed E-state index contributed by atoms with van der Waals surface area (Å²) < 4.78 is 2.09. The van der Waals surface area contributed by atoms with Gasteiger partial charge in [0.25, 0.3) is 6.47 Å². The zero-order valence-electron chi connectivity index (χ0n) is 17.0. The number of aromatic nitrogens is 2. The number of aryl methyl sites for hydroxylation is 3. The van der Waals surface area contributed by atoms with Crippen LogP contribution in [0.2, 0.25) is 0 Å². The van der Waals surface area contributed by atoms with Gasteiger partial charge in [0.15, 0.2) is 0 Å². The number of benzene rings is 2. The molecule has 1 aromatic heterocycles. The maximum Gasteiger partial charge on any atom is 0.290 e. The first-order valence-electron chi connectivity index (χ1n) is 9.89. The number of hydrogen-bond acceptors (Lipinski definition) is 4. The van der Waals surface area contributed by atoms with Gasteiger partial charge in [-0.2, -0.15) is 0 Å². The molecule has 5 rings (SSSR count). The number of carboxylic acid groups (broad SMARTS) is 1. The molecule has 7 heteroatoms. The Morgan fingerprint density at radius 2 is 1.83 bits per heavy atom. The number of imidazole rings is 1. The largest absolute Gasteiger partial charge is 0.483 e. The van der Waals surface area contributed by atoms with Crippen molar-refractivity contribution in [2.75, 3.05) is 10.6 Å². The Balaban J connectivity index is 0.000000687. The van der Waals surface area contributed by atoms with Crippen molar-refractivity contribution in [2.24, 2.45) is 7.05 Å². The minimum Gasteiger partial charge on any atom is -0.483 e. The molecule has 0 aliphatic carbocycles. The molecule has 7 nitrogen and oxygen atoms in total. The molecule has 0 radical (unpaired) electrons. The van der Waals surface area contributed by atoms with Gasteiger partial charge < -0.3 is 20.3 Å². The molecule has 3 N–H and O–H groups in total. The molecule has 2 aromatic carbocycles. The smallest absolute Gasteiger partial charge is 0.290 e. The summed E-state index contributed by atoms with van der Waals surface area (Å²) in [6.07, 6.45) is 4.36. The lowest BCUT2D eigenvalue weighted by Crippen LogP contribution is -2.25. The van der Waals surface area contributed by atoms with E-state index in [4.69, 9.17) is 9.90 Å². The summed E-state index contributed by atoms with van der Waals surface area (Å²) in [5.74, 6) is 1.06. The first-order valence-corrected chi connectivity index (χ1v) is 9.89. The summed E-state index contributed by atoms with van der Waals surface area (Å²) in [6, 6.07) is 12.8. The number of amides is 1. The maximum atomic E-state index is 12.4. The van der Waals surface area contributed by atoms with Crippen LogP contribution < -0.4 is 10.6 Å². The Morgan fingerprint density at radius 3 is 2.57 bits per heavy atom. The van der Waals surface area contributed by atoms with Crippen molar-refractivity contribution in [3.8, 4) is 0 Å². The van der Waals surface area contributed by atoms with Gasteiger partial charge in [0, 0.05) is 48.3 Å². The normalized spacial score (nSPS) is 16.5. The molecule has 2 aliphatic heterocycles. The number of nitrogens with zero attached hydrogens (tertiary/aromatic N) is 2. The van der Waals surface area contributed by atoms with Crippen LogP contribution in [-0.2, 0) is 29.5 Å².